The van der Waals surface area contributed by atoms with E-state index in [9.17, 15) is 0 Å². The van der Waals surface area contributed by atoms with E-state index in [-0.39, 0.29) is 5.54 Å². The lowest BCUT2D eigenvalue weighted by Gasteiger charge is -2.51. The maximum Gasteiger partial charge on any atom is 0.0379 e. The molecule has 0 amide bonds. The van der Waals surface area contributed by atoms with Crippen LogP contribution in [-0.4, -0.2) is 54.6 Å². The highest BCUT2D eigenvalue weighted by molar-refractivity contribution is 5.57. The van der Waals surface area contributed by atoms with Crippen LogP contribution in [0.5, 0.6) is 0 Å². The summed E-state index contributed by atoms with van der Waals surface area (Å²) in [5, 5.41) is 3.72. The molecule has 2 saturated heterocycles. The molecule has 3 aliphatic heterocycles. The van der Waals surface area contributed by atoms with Crippen molar-refractivity contribution >= 4 is 5.69 Å². The van der Waals surface area contributed by atoms with Crippen molar-refractivity contribution in [2.75, 3.05) is 38.5 Å². The number of fused-ring (bicyclic) bond motifs is 1. The average Bonchev–Trinajstić information content (AvgIpc) is 2.33. The molecule has 114 valence electrons. The Hall–Kier alpha value is -1.06. The van der Waals surface area contributed by atoms with E-state index < -0.39 is 0 Å². The summed E-state index contributed by atoms with van der Waals surface area (Å²) in [6, 6.07) is 7.96. The van der Waals surface area contributed by atoms with Gasteiger partial charge in [-0.25, -0.2) is 0 Å². The number of nitrogens with zero attached hydrogens (tertiary/aromatic N) is 2. The molecule has 4 rings (SSSR count). The van der Waals surface area contributed by atoms with Crippen molar-refractivity contribution in [1.29, 1.82) is 0 Å². The number of hydrogen-bond donors (Lipinski definition) is 1. The molecule has 1 aromatic rings. The van der Waals surface area contributed by atoms with Crippen LogP contribution in [0.2, 0.25) is 0 Å². The number of likely N-dealkylation sites (N-methyl/N-ethyl adjacent to an activating group) is 1. The van der Waals surface area contributed by atoms with Gasteiger partial charge in [0.05, 0.1) is 0 Å². The Kier molecular flexibility index (Phi) is 3.05. The summed E-state index contributed by atoms with van der Waals surface area (Å²) in [7, 11) is 2.21. The summed E-state index contributed by atoms with van der Waals surface area (Å²) in [5.41, 5.74) is 4.65. The van der Waals surface area contributed by atoms with Gasteiger partial charge in [0.15, 0.2) is 0 Å². The molecule has 0 radical (unpaired) electrons. The Morgan fingerprint density at radius 1 is 1.14 bits per heavy atom. The molecule has 0 spiro atoms. The predicted octanol–water partition coefficient (Wildman–Crippen LogP) is 2.54. The van der Waals surface area contributed by atoms with Crippen molar-refractivity contribution in [3.05, 3.63) is 29.3 Å². The quantitative estimate of drug-likeness (QED) is 0.901. The van der Waals surface area contributed by atoms with Crippen LogP contribution in [0.15, 0.2) is 18.2 Å². The maximum absolute atomic E-state index is 3.72. The lowest BCUT2D eigenvalue weighted by atomic mass is 9.84. The van der Waals surface area contributed by atoms with Crippen LogP contribution in [-0.2, 0) is 6.42 Å². The van der Waals surface area contributed by atoms with Gasteiger partial charge in [-0.2, -0.15) is 0 Å². The highest BCUT2D eigenvalue weighted by Gasteiger charge is 2.38. The molecule has 3 nitrogen and oxygen atoms in total. The molecule has 0 saturated carbocycles. The third kappa shape index (κ3) is 2.47. The van der Waals surface area contributed by atoms with Gasteiger partial charge in [0, 0.05) is 49.4 Å². The maximum atomic E-state index is 3.72. The monoisotopic (exact) mass is 285 g/mol. The van der Waals surface area contributed by atoms with E-state index in [1.807, 2.05) is 0 Å². The summed E-state index contributed by atoms with van der Waals surface area (Å²) in [5.74, 6) is 0.744. The number of likely N-dealkylation sites (tertiary alicyclic amines) is 2. The van der Waals surface area contributed by atoms with E-state index in [0.29, 0.717) is 0 Å². The Morgan fingerprint density at radius 2 is 1.90 bits per heavy atom. The standard InChI is InChI=1S/C18H27N3/c1-18(2)7-6-13-4-5-14(8-17(13)19-18)15-9-21(10-15)16-11-20(3)12-16/h4-5,8,15-16,19H,6-7,9-12H2,1-3H3. The molecule has 1 aromatic carbocycles. The zero-order valence-electron chi connectivity index (χ0n) is 13.5. The molecule has 3 heterocycles. The van der Waals surface area contributed by atoms with Gasteiger partial charge in [0.1, 0.15) is 0 Å². The van der Waals surface area contributed by atoms with Crippen molar-refractivity contribution in [3.63, 3.8) is 0 Å². The van der Waals surface area contributed by atoms with Gasteiger partial charge < -0.3 is 10.2 Å². The third-order valence-corrected chi connectivity index (χ3v) is 5.57. The third-order valence-electron chi connectivity index (χ3n) is 5.57. The number of nitrogens with one attached hydrogen (secondary N) is 1. The van der Waals surface area contributed by atoms with Gasteiger partial charge in [-0.1, -0.05) is 12.1 Å². The topological polar surface area (TPSA) is 18.5 Å². The molecule has 21 heavy (non-hydrogen) atoms. The second kappa shape index (κ2) is 4.72. The van der Waals surface area contributed by atoms with E-state index in [1.165, 1.54) is 55.8 Å². The first-order valence-electron chi connectivity index (χ1n) is 8.34. The first-order valence-corrected chi connectivity index (χ1v) is 8.34. The Morgan fingerprint density at radius 3 is 2.62 bits per heavy atom. The highest BCUT2D eigenvalue weighted by Crippen LogP contribution is 2.36. The summed E-state index contributed by atoms with van der Waals surface area (Å²) in [6.45, 7) is 9.63. The van der Waals surface area contributed by atoms with Crippen LogP contribution in [0, 0.1) is 0 Å². The largest absolute Gasteiger partial charge is 0.380 e. The Balaban J connectivity index is 1.43. The molecule has 0 aromatic heterocycles. The second-order valence-electron chi connectivity index (χ2n) is 7.95. The van der Waals surface area contributed by atoms with Crippen LogP contribution in [0.25, 0.3) is 0 Å². The van der Waals surface area contributed by atoms with Crippen LogP contribution in [0.4, 0.5) is 5.69 Å². The number of rotatable bonds is 2. The molecular weight excluding hydrogens is 258 g/mol. The van der Waals surface area contributed by atoms with E-state index in [2.05, 4.69) is 54.2 Å². The normalized spacial score (nSPS) is 26.6. The number of aryl methyl sites for hydroxylation is 1. The lowest BCUT2D eigenvalue weighted by molar-refractivity contribution is 0.00100. The average molecular weight is 285 g/mol. The minimum absolute atomic E-state index is 0.244. The fourth-order valence-corrected chi connectivity index (χ4v) is 3.98. The zero-order chi connectivity index (χ0) is 14.6. The molecule has 0 unspecified atom stereocenters. The van der Waals surface area contributed by atoms with E-state index >= 15 is 0 Å². The van der Waals surface area contributed by atoms with Crippen molar-refractivity contribution in [3.8, 4) is 0 Å². The first kappa shape index (κ1) is 13.6. The zero-order valence-corrected chi connectivity index (χ0v) is 13.5. The molecular formula is C18H27N3. The van der Waals surface area contributed by atoms with Gasteiger partial charge in [0.25, 0.3) is 0 Å². The number of hydrogen-bond acceptors (Lipinski definition) is 3. The van der Waals surface area contributed by atoms with Crippen molar-refractivity contribution < 1.29 is 0 Å². The molecule has 3 heteroatoms. The fourth-order valence-electron chi connectivity index (χ4n) is 3.98. The van der Waals surface area contributed by atoms with Crippen molar-refractivity contribution in [2.45, 2.75) is 44.2 Å². The van der Waals surface area contributed by atoms with Gasteiger partial charge in [-0.3, -0.25) is 4.90 Å². The number of benzene rings is 1. The Labute approximate surface area is 128 Å². The summed E-state index contributed by atoms with van der Waals surface area (Å²) in [6.07, 6.45) is 2.44. The molecule has 1 N–H and O–H groups in total. The van der Waals surface area contributed by atoms with Crippen LogP contribution in [0.3, 0.4) is 0 Å². The van der Waals surface area contributed by atoms with Gasteiger partial charge in [0.2, 0.25) is 0 Å². The molecule has 2 fully saturated rings. The molecule has 0 atom stereocenters. The first-order chi connectivity index (χ1) is 10.00. The van der Waals surface area contributed by atoms with E-state index in [0.717, 1.165) is 12.0 Å². The smallest absolute Gasteiger partial charge is 0.0379 e. The minimum atomic E-state index is 0.244. The fraction of sp³-hybridized carbons (Fsp3) is 0.667. The van der Waals surface area contributed by atoms with Crippen molar-refractivity contribution in [1.82, 2.24) is 9.80 Å². The van der Waals surface area contributed by atoms with E-state index in [1.54, 1.807) is 0 Å². The Bertz CT molecular complexity index is 539. The summed E-state index contributed by atoms with van der Waals surface area (Å²) < 4.78 is 0. The van der Waals surface area contributed by atoms with Crippen molar-refractivity contribution in [2.24, 2.45) is 0 Å². The van der Waals surface area contributed by atoms with Gasteiger partial charge >= 0.3 is 0 Å². The van der Waals surface area contributed by atoms with Gasteiger partial charge in [-0.05, 0) is 50.9 Å². The molecule has 3 aliphatic rings. The second-order valence-corrected chi connectivity index (χ2v) is 7.95. The minimum Gasteiger partial charge on any atom is -0.380 e. The summed E-state index contributed by atoms with van der Waals surface area (Å²) in [4.78, 5) is 5.06. The van der Waals surface area contributed by atoms with Gasteiger partial charge in [-0.15, -0.1) is 0 Å². The highest BCUT2D eigenvalue weighted by atomic mass is 15.3. The number of anilines is 1. The SMILES string of the molecule is CN1CC(N2CC(c3ccc4c(c3)NC(C)(C)CC4)C2)C1. The van der Waals surface area contributed by atoms with E-state index in [4.69, 9.17) is 0 Å². The summed E-state index contributed by atoms with van der Waals surface area (Å²) >= 11 is 0. The molecule has 0 aliphatic carbocycles. The van der Waals surface area contributed by atoms with Crippen LogP contribution < -0.4 is 5.32 Å². The lowest BCUT2D eigenvalue weighted by Crippen LogP contribution is -2.63. The van der Waals surface area contributed by atoms with Crippen LogP contribution in [0.1, 0.15) is 37.3 Å². The predicted molar refractivity (Wildman–Crippen MR) is 88.1 cm³/mol. The molecule has 0 bridgehead atoms. The van der Waals surface area contributed by atoms with Crippen LogP contribution >= 0.6 is 0 Å².